The third-order valence-corrected chi connectivity index (χ3v) is 3.60. The van der Waals surface area contributed by atoms with Crippen molar-refractivity contribution in [2.45, 2.75) is 26.3 Å². The number of halogens is 1. The number of rotatable bonds is 6. The van der Waals surface area contributed by atoms with E-state index in [1.807, 2.05) is 12.3 Å². The largest absolute Gasteiger partial charge is 0.356 e. The molecule has 23 heavy (non-hydrogen) atoms. The van der Waals surface area contributed by atoms with Gasteiger partial charge in [-0.15, -0.1) is 24.0 Å². The molecule has 0 radical (unpaired) electrons. The normalized spacial score (nSPS) is 10.8. The van der Waals surface area contributed by atoms with Crippen molar-refractivity contribution in [3.8, 4) is 0 Å². The summed E-state index contributed by atoms with van der Waals surface area (Å²) in [6, 6.07) is 12.6. The molecule has 0 saturated heterocycles. The van der Waals surface area contributed by atoms with Crippen LogP contribution in [0.4, 0.5) is 0 Å². The monoisotopic (exact) mass is 424 g/mol. The minimum absolute atomic E-state index is 0. The van der Waals surface area contributed by atoms with Crippen molar-refractivity contribution in [2.75, 3.05) is 13.6 Å². The molecule has 4 nitrogen and oxygen atoms in total. The fourth-order valence-electron chi connectivity index (χ4n) is 2.35. The van der Waals surface area contributed by atoms with Gasteiger partial charge in [0, 0.05) is 32.5 Å². The van der Waals surface area contributed by atoms with Gasteiger partial charge in [-0.05, 0) is 35.6 Å². The fraction of sp³-hybridized carbons (Fsp3) is 0.333. The highest BCUT2D eigenvalue weighted by molar-refractivity contribution is 14.0. The minimum Gasteiger partial charge on any atom is -0.356 e. The van der Waals surface area contributed by atoms with Gasteiger partial charge in [0.25, 0.3) is 0 Å². The van der Waals surface area contributed by atoms with Crippen LogP contribution in [-0.4, -0.2) is 24.5 Å². The highest BCUT2D eigenvalue weighted by atomic mass is 127. The summed E-state index contributed by atoms with van der Waals surface area (Å²) in [6.45, 7) is 3.80. The van der Waals surface area contributed by atoms with Gasteiger partial charge in [0.15, 0.2) is 5.96 Å². The summed E-state index contributed by atoms with van der Waals surface area (Å²) in [5.41, 5.74) is 3.92. The van der Waals surface area contributed by atoms with Crippen LogP contribution in [0.3, 0.4) is 0 Å². The summed E-state index contributed by atoms with van der Waals surface area (Å²) >= 11 is 0. The van der Waals surface area contributed by atoms with Gasteiger partial charge >= 0.3 is 0 Å². The Morgan fingerprint density at radius 1 is 1.09 bits per heavy atom. The molecule has 0 aliphatic heterocycles. The van der Waals surface area contributed by atoms with Crippen LogP contribution < -0.4 is 10.6 Å². The van der Waals surface area contributed by atoms with Crippen LogP contribution in [0, 0.1) is 0 Å². The third-order valence-electron chi connectivity index (χ3n) is 3.60. The first-order valence-electron chi connectivity index (χ1n) is 7.73. The zero-order chi connectivity index (χ0) is 15.6. The molecule has 0 amide bonds. The lowest BCUT2D eigenvalue weighted by Gasteiger charge is -2.13. The van der Waals surface area contributed by atoms with E-state index in [0.29, 0.717) is 0 Å². The van der Waals surface area contributed by atoms with Crippen molar-refractivity contribution in [1.29, 1.82) is 0 Å². The molecule has 0 aliphatic carbocycles. The maximum absolute atomic E-state index is 4.27. The van der Waals surface area contributed by atoms with E-state index in [9.17, 15) is 0 Å². The van der Waals surface area contributed by atoms with Crippen molar-refractivity contribution >= 4 is 29.9 Å². The molecule has 0 unspecified atom stereocenters. The Morgan fingerprint density at radius 2 is 1.87 bits per heavy atom. The molecule has 1 heterocycles. The number of pyridine rings is 1. The molecule has 2 aromatic rings. The van der Waals surface area contributed by atoms with Crippen LogP contribution in [0.25, 0.3) is 0 Å². The topological polar surface area (TPSA) is 49.3 Å². The van der Waals surface area contributed by atoms with Gasteiger partial charge in [0.05, 0.1) is 0 Å². The maximum atomic E-state index is 4.27. The number of aromatic nitrogens is 1. The lowest BCUT2D eigenvalue weighted by Crippen LogP contribution is -2.38. The van der Waals surface area contributed by atoms with Gasteiger partial charge in [0.2, 0.25) is 0 Å². The molecular weight excluding hydrogens is 399 g/mol. The van der Waals surface area contributed by atoms with Crippen LogP contribution in [0.2, 0.25) is 0 Å². The minimum atomic E-state index is 0. The standard InChI is InChI=1S/C18H24N4.HI/c1-3-16-8-4-5-9-17(16)14-22-18(19-2)21-12-10-15-7-6-11-20-13-15;/h4-9,11,13H,3,10,12,14H2,1-2H3,(H2,19,21,22);1H. The Morgan fingerprint density at radius 3 is 2.52 bits per heavy atom. The predicted octanol–water partition coefficient (Wildman–Crippen LogP) is 3.17. The molecule has 0 spiro atoms. The summed E-state index contributed by atoms with van der Waals surface area (Å²) in [7, 11) is 1.80. The third kappa shape index (κ3) is 6.56. The van der Waals surface area contributed by atoms with Gasteiger partial charge in [-0.25, -0.2) is 0 Å². The van der Waals surface area contributed by atoms with E-state index in [1.165, 1.54) is 16.7 Å². The molecule has 0 atom stereocenters. The Hall–Kier alpha value is -1.63. The first-order chi connectivity index (χ1) is 10.8. The highest BCUT2D eigenvalue weighted by Crippen LogP contribution is 2.08. The summed E-state index contributed by atoms with van der Waals surface area (Å²) in [5, 5.41) is 6.71. The van der Waals surface area contributed by atoms with Gasteiger partial charge < -0.3 is 10.6 Å². The van der Waals surface area contributed by atoms with Gasteiger partial charge in [0.1, 0.15) is 0 Å². The van der Waals surface area contributed by atoms with Crippen LogP contribution in [0.5, 0.6) is 0 Å². The van der Waals surface area contributed by atoms with Crippen LogP contribution in [0.15, 0.2) is 53.8 Å². The van der Waals surface area contributed by atoms with Crippen molar-refractivity contribution in [3.05, 3.63) is 65.5 Å². The fourth-order valence-corrected chi connectivity index (χ4v) is 2.35. The number of aryl methyl sites for hydroxylation is 1. The Balaban J connectivity index is 0.00000264. The van der Waals surface area contributed by atoms with E-state index in [2.05, 4.69) is 57.9 Å². The molecule has 0 saturated carbocycles. The lowest BCUT2D eigenvalue weighted by molar-refractivity contribution is 0.788. The number of benzene rings is 1. The number of guanidine groups is 1. The zero-order valence-corrected chi connectivity index (χ0v) is 16.1. The van der Waals surface area contributed by atoms with Crippen molar-refractivity contribution in [1.82, 2.24) is 15.6 Å². The Bertz CT molecular complexity index is 599. The van der Waals surface area contributed by atoms with E-state index in [1.54, 1.807) is 13.2 Å². The van der Waals surface area contributed by atoms with E-state index in [0.717, 1.165) is 31.9 Å². The first-order valence-corrected chi connectivity index (χ1v) is 7.73. The Kier molecular flexibility index (Phi) is 9.28. The van der Waals surface area contributed by atoms with E-state index >= 15 is 0 Å². The summed E-state index contributed by atoms with van der Waals surface area (Å²) in [5.74, 6) is 0.829. The predicted molar refractivity (Wildman–Crippen MR) is 107 cm³/mol. The van der Waals surface area contributed by atoms with Gasteiger partial charge in [-0.3, -0.25) is 9.98 Å². The van der Waals surface area contributed by atoms with Crippen molar-refractivity contribution in [2.24, 2.45) is 4.99 Å². The zero-order valence-electron chi connectivity index (χ0n) is 13.7. The van der Waals surface area contributed by atoms with Crippen LogP contribution in [-0.2, 0) is 19.4 Å². The molecular formula is C18H25IN4. The second-order valence-electron chi connectivity index (χ2n) is 5.09. The second kappa shape index (κ2) is 11.0. The molecule has 2 rings (SSSR count). The molecule has 1 aromatic carbocycles. The number of hydrogen-bond donors (Lipinski definition) is 2. The molecule has 5 heteroatoms. The number of nitrogens with zero attached hydrogens (tertiary/aromatic N) is 2. The van der Waals surface area contributed by atoms with Crippen LogP contribution >= 0.6 is 24.0 Å². The van der Waals surface area contributed by atoms with Gasteiger partial charge in [-0.1, -0.05) is 37.3 Å². The summed E-state index contributed by atoms with van der Waals surface area (Å²) < 4.78 is 0. The molecule has 1 aromatic heterocycles. The Labute approximate surface area is 155 Å². The SMILES string of the molecule is CCc1ccccc1CNC(=NC)NCCc1cccnc1.I. The average Bonchev–Trinajstić information content (AvgIpc) is 2.59. The highest BCUT2D eigenvalue weighted by Gasteiger charge is 2.02. The first kappa shape index (κ1) is 19.4. The second-order valence-corrected chi connectivity index (χ2v) is 5.09. The van der Waals surface area contributed by atoms with E-state index in [-0.39, 0.29) is 24.0 Å². The lowest BCUT2D eigenvalue weighted by atomic mass is 10.1. The van der Waals surface area contributed by atoms with Crippen molar-refractivity contribution < 1.29 is 0 Å². The maximum Gasteiger partial charge on any atom is 0.191 e. The van der Waals surface area contributed by atoms with Gasteiger partial charge in [-0.2, -0.15) is 0 Å². The number of hydrogen-bond acceptors (Lipinski definition) is 2. The average molecular weight is 424 g/mol. The quantitative estimate of drug-likeness (QED) is 0.426. The molecule has 0 fully saturated rings. The van der Waals surface area contributed by atoms with Crippen LogP contribution in [0.1, 0.15) is 23.6 Å². The molecule has 124 valence electrons. The molecule has 2 N–H and O–H groups in total. The van der Waals surface area contributed by atoms with Crippen molar-refractivity contribution in [3.63, 3.8) is 0 Å². The van der Waals surface area contributed by atoms with E-state index in [4.69, 9.17) is 0 Å². The number of aliphatic imine (C=N–C) groups is 1. The smallest absolute Gasteiger partial charge is 0.191 e. The van der Waals surface area contributed by atoms with E-state index < -0.39 is 0 Å². The molecule has 0 aliphatic rings. The molecule has 0 bridgehead atoms. The summed E-state index contributed by atoms with van der Waals surface area (Å²) in [6.07, 6.45) is 5.67. The summed E-state index contributed by atoms with van der Waals surface area (Å²) in [4.78, 5) is 8.39. The number of nitrogens with one attached hydrogen (secondary N) is 2.